The Labute approximate surface area is 556 Å². The number of aromatic nitrogens is 3. The normalized spacial score (nSPS) is 12.3. The number of halogens is 3. The number of amidine groups is 2. The zero-order valence-corrected chi connectivity index (χ0v) is 52.8. The maximum Gasteiger partial charge on any atom is 0.257 e. The van der Waals surface area contributed by atoms with Gasteiger partial charge in [-0.3, -0.25) is 45.0 Å². The first-order chi connectivity index (χ1) is 45.5. The number of carbonyl (C=O) groups excluding carboxylic acids is 6. The first-order valence-corrected chi connectivity index (χ1v) is 30.8. The molecule has 0 aliphatic carbocycles. The van der Waals surface area contributed by atoms with E-state index >= 15 is 0 Å². The van der Waals surface area contributed by atoms with Crippen LogP contribution >= 0.6 is 34.8 Å². The maximum absolute atomic E-state index is 12.9. The highest BCUT2D eigenvalue weighted by atomic mass is 35.5. The summed E-state index contributed by atoms with van der Waals surface area (Å²) in [4.78, 5) is 97.3. The smallest absolute Gasteiger partial charge is 0.257 e. The number of nitrogens with two attached hydrogens (primary N) is 1. The van der Waals surface area contributed by atoms with Gasteiger partial charge in [0.2, 0.25) is 5.90 Å². The van der Waals surface area contributed by atoms with Crippen LogP contribution in [0.1, 0.15) is 108 Å². The molecule has 2 aliphatic rings. The second kappa shape index (κ2) is 33.1. The molecular weight excluding hydrogens is 1260 g/mol. The van der Waals surface area contributed by atoms with Gasteiger partial charge in [-0.1, -0.05) is 150 Å². The molecule has 3 amide bonds. The van der Waals surface area contributed by atoms with Gasteiger partial charge in [0.25, 0.3) is 17.7 Å². The average molecular weight is 1320 g/mol. The number of benzene rings is 6. The molecule has 5 heterocycles. The number of anilines is 3. The van der Waals surface area contributed by atoms with Gasteiger partial charge in [0.05, 0.1) is 28.3 Å². The molecule has 23 heteroatoms. The molecule has 3 aromatic heterocycles. The summed E-state index contributed by atoms with van der Waals surface area (Å²) in [5.74, 6) is 5.42. The number of ketones is 3. The van der Waals surface area contributed by atoms with Gasteiger partial charge < -0.3 is 35.3 Å². The predicted molar refractivity (Wildman–Crippen MR) is 363 cm³/mol. The van der Waals surface area contributed by atoms with E-state index in [1.54, 1.807) is 170 Å². The van der Waals surface area contributed by atoms with Crippen LogP contribution in [0.25, 0.3) is 0 Å². The second-order valence-electron chi connectivity index (χ2n) is 21.4. The van der Waals surface area contributed by atoms with E-state index in [4.69, 9.17) is 61.7 Å². The number of nitrogens with one attached hydrogen (secondary N) is 6. The van der Waals surface area contributed by atoms with Gasteiger partial charge in [-0.25, -0.2) is 15.0 Å². The van der Waals surface area contributed by atoms with Crippen LogP contribution in [0.3, 0.4) is 0 Å². The van der Waals surface area contributed by atoms with Crippen LogP contribution in [-0.4, -0.2) is 117 Å². The van der Waals surface area contributed by atoms with Crippen molar-refractivity contribution in [3.05, 3.63) is 282 Å². The average Bonchev–Trinajstić information content (AvgIpc) is 0.958. The summed E-state index contributed by atoms with van der Waals surface area (Å²) in [6.45, 7) is 4.40. The number of pyridine rings is 3. The van der Waals surface area contributed by atoms with Crippen LogP contribution < -0.4 is 21.8 Å². The largest absolute Gasteiger partial charge is 0.391 e. The molecule has 20 nitrogen and oxygen atoms in total. The van der Waals surface area contributed by atoms with Crippen LogP contribution in [0.2, 0.25) is 15.1 Å². The Morgan fingerprint density at radius 1 is 0.415 bits per heavy atom. The van der Waals surface area contributed by atoms with Crippen LogP contribution in [0, 0.1) is 16.2 Å². The van der Waals surface area contributed by atoms with Crippen molar-refractivity contribution in [3.8, 4) is 0 Å². The minimum absolute atomic E-state index is 0.0435. The molecule has 2 aliphatic heterocycles. The zero-order valence-electron chi connectivity index (χ0n) is 50.5. The molecule has 0 radical (unpaired) electrons. The van der Waals surface area contributed by atoms with Gasteiger partial charge in [0.15, 0.2) is 17.3 Å². The molecule has 0 spiro atoms. The van der Waals surface area contributed by atoms with Crippen molar-refractivity contribution in [2.45, 2.75) is 32.1 Å². The monoisotopic (exact) mass is 1320 g/mol. The van der Waals surface area contributed by atoms with Crippen molar-refractivity contribution in [1.82, 2.24) is 24.8 Å². The third-order valence-corrected chi connectivity index (χ3v) is 15.7. The molecule has 476 valence electrons. The number of hydrogen-bond donors (Lipinski definition) is 7. The summed E-state index contributed by atoms with van der Waals surface area (Å²) in [6, 6.07) is 51.2. The number of rotatable bonds is 18. The fourth-order valence-corrected chi connectivity index (χ4v) is 10.3. The third-order valence-electron chi connectivity index (χ3n) is 15.0. The van der Waals surface area contributed by atoms with Crippen molar-refractivity contribution in [1.29, 1.82) is 16.2 Å². The second-order valence-corrected chi connectivity index (χ2v) is 22.7. The Kier molecular flexibility index (Phi) is 23.9. The van der Waals surface area contributed by atoms with Gasteiger partial charge >= 0.3 is 0 Å². The quantitative estimate of drug-likeness (QED) is 0.0182. The van der Waals surface area contributed by atoms with E-state index in [9.17, 15) is 28.8 Å². The molecular formula is C71H63Cl3N12O8. The summed E-state index contributed by atoms with van der Waals surface area (Å²) < 4.78 is 5.34. The summed E-state index contributed by atoms with van der Waals surface area (Å²) in [5, 5.41) is 33.9. The minimum Gasteiger partial charge on any atom is -0.391 e. The van der Waals surface area contributed by atoms with Gasteiger partial charge in [0.1, 0.15) is 29.1 Å². The van der Waals surface area contributed by atoms with E-state index < -0.39 is 0 Å². The fraction of sp³-hybridized carbons (Fsp3) is 0.155. The first-order valence-electron chi connectivity index (χ1n) is 29.6. The number of nitrogens with zero attached hydrogens (tertiary/aromatic N) is 5. The van der Waals surface area contributed by atoms with Crippen molar-refractivity contribution >= 4 is 105 Å². The number of Topliss-reactive ketones (excluding diaryl/α,β-unsaturated/α-hetero) is 3. The van der Waals surface area contributed by atoms with Gasteiger partial charge in [0, 0.05) is 114 Å². The van der Waals surface area contributed by atoms with Crippen LogP contribution in [0.5, 0.6) is 0 Å². The Morgan fingerprint density at radius 3 is 1.02 bits per heavy atom. The van der Waals surface area contributed by atoms with E-state index in [2.05, 4.69) is 40.6 Å². The Balaban J connectivity index is 0.000000166. The molecule has 2 fully saturated rings. The number of likely N-dealkylation sites (tertiary alicyclic amines) is 1. The van der Waals surface area contributed by atoms with E-state index in [-0.39, 0.29) is 60.2 Å². The van der Waals surface area contributed by atoms with E-state index in [0.717, 1.165) is 37.1 Å². The number of hydrogen-bond acceptors (Lipinski definition) is 15. The van der Waals surface area contributed by atoms with Crippen molar-refractivity contribution < 1.29 is 38.3 Å². The number of carbonyl (C=O) groups is 6. The molecule has 0 atom stereocenters. The highest BCUT2D eigenvalue weighted by Gasteiger charge is 2.22. The molecule has 94 heavy (non-hydrogen) atoms. The summed E-state index contributed by atoms with van der Waals surface area (Å²) in [5.41, 5.74) is 6.62. The molecule has 6 aromatic carbocycles. The Bertz CT molecular complexity index is 4210. The van der Waals surface area contributed by atoms with Gasteiger partial charge in [-0.05, 0) is 96.3 Å². The van der Waals surface area contributed by atoms with E-state index in [0.29, 0.717) is 126 Å². The molecule has 2 saturated heterocycles. The lowest BCUT2D eigenvalue weighted by atomic mass is 9.97. The van der Waals surface area contributed by atoms with Crippen molar-refractivity contribution in [2.24, 2.45) is 5.90 Å². The van der Waals surface area contributed by atoms with Gasteiger partial charge in [-0.15, -0.1) is 0 Å². The Morgan fingerprint density at radius 2 is 0.713 bits per heavy atom. The lowest BCUT2D eigenvalue weighted by Gasteiger charge is -2.29. The summed E-state index contributed by atoms with van der Waals surface area (Å²) >= 11 is 17.5. The first kappa shape index (κ1) is 67.8. The highest BCUT2D eigenvalue weighted by Crippen LogP contribution is 2.22. The van der Waals surface area contributed by atoms with Crippen LogP contribution in [0.4, 0.5) is 17.5 Å². The van der Waals surface area contributed by atoms with Crippen molar-refractivity contribution in [2.75, 3.05) is 55.3 Å². The predicted octanol–water partition coefficient (Wildman–Crippen LogP) is 12.5. The molecule has 9 aromatic rings. The van der Waals surface area contributed by atoms with Crippen LogP contribution in [-0.2, 0) is 28.8 Å². The SMILES string of the molecule is N=C(ON)c1ccc(C(=O)Cc2ccccc2C(=O)Nc2ccc(Cl)cn2)cc1.N=C(c1ccc(C(=O)Cc2ccccc2C(=O)Nc2ccc(Cl)cn2)cc1)N1CCCC1.N=C(c1ccc(C(=O)Cc2ccccc2C(=O)Nc2ccc(Cl)cn2)cc1)N1CCOCC1. The van der Waals surface area contributed by atoms with Crippen molar-refractivity contribution in [3.63, 3.8) is 0 Å². The zero-order chi connectivity index (χ0) is 66.5. The molecule has 11 rings (SSSR count). The maximum atomic E-state index is 12.9. The summed E-state index contributed by atoms with van der Waals surface area (Å²) in [6.07, 6.45) is 6.79. The van der Waals surface area contributed by atoms with E-state index in [1.807, 2.05) is 17.0 Å². The van der Waals surface area contributed by atoms with Crippen LogP contribution in [0.15, 0.2) is 201 Å². The molecule has 0 bridgehead atoms. The minimum atomic E-state index is -0.368. The highest BCUT2D eigenvalue weighted by molar-refractivity contribution is 6.31. The third kappa shape index (κ3) is 18.8. The lowest BCUT2D eigenvalue weighted by Crippen LogP contribution is -2.40. The number of morpholine rings is 1. The summed E-state index contributed by atoms with van der Waals surface area (Å²) in [7, 11) is 0. The topological polar surface area (TPSA) is 300 Å². The number of amides is 3. The molecule has 8 N–H and O–H groups in total. The molecule has 0 saturated carbocycles. The molecule has 0 unspecified atom stereocenters. The lowest BCUT2D eigenvalue weighted by molar-refractivity contribution is 0.0680. The van der Waals surface area contributed by atoms with E-state index in [1.165, 1.54) is 18.6 Å². The fourth-order valence-electron chi connectivity index (χ4n) is 10.0. The standard InChI is InChI=1S/C25H23ClN4O3.C25H23ClN4O2.C21H17ClN4O3/c26-20-9-10-23(28-16-20)29-25(32)21-4-2-1-3-19(21)15-22(31)17-5-7-18(8-6-17)24(27)30-11-13-33-14-12-30;26-20-11-12-23(28-16-20)29-25(32)21-6-2-1-5-19(21)15-22(31)17-7-9-18(10-8-17)24(27)30-13-3-4-14-30;22-16-9-10-19(25-12-16)26-21(28)17-4-2-1-3-15(17)11-18(27)13-5-7-14(8-6-13)20(23)29-24/h1-10,16,27H,11-15H2,(H,28,29,32);1-2,5-12,16,27H,3-4,13-15H2,(H,28,29,32);1-10,12,23H,11,24H2,(H,25,26,28). The Hall–Kier alpha value is -10.6. The number of ether oxygens (including phenoxy) is 1. The van der Waals surface area contributed by atoms with Gasteiger partial charge in [-0.2, -0.15) is 5.90 Å².